The monoisotopic (exact) mass is 398 g/mol. The number of amides is 1. The van der Waals surface area contributed by atoms with E-state index >= 15 is 0 Å². The third-order valence-electron chi connectivity index (χ3n) is 4.76. The summed E-state index contributed by atoms with van der Waals surface area (Å²) in [5, 5.41) is 3.72. The number of methoxy groups -OCH3 is 1. The van der Waals surface area contributed by atoms with Gasteiger partial charge in [-0.05, 0) is 49.1 Å². The number of nitrogens with zero attached hydrogens (tertiary/aromatic N) is 3. The Morgan fingerprint density at radius 2 is 2.04 bits per heavy atom. The van der Waals surface area contributed by atoms with Gasteiger partial charge in [0.25, 0.3) is 0 Å². The molecule has 1 saturated heterocycles. The number of benzene rings is 1. The van der Waals surface area contributed by atoms with E-state index in [1.807, 2.05) is 30.5 Å². The molecule has 3 aromatic rings. The Labute approximate surface area is 167 Å². The average Bonchev–Trinajstić information content (AvgIpc) is 3.11. The number of aromatic nitrogens is 2. The maximum atomic E-state index is 10.7. The molecule has 0 spiro atoms. The van der Waals surface area contributed by atoms with Crippen LogP contribution in [0.2, 0.25) is 0 Å². The van der Waals surface area contributed by atoms with Gasteiger partial charge in [0.2, 0.25) is 6.41 Å². The van der Waals surface area contributed by atoms with Crippen molar-refractivity contribution in [2.75, 3.05) is 30.4 Å². The smallest absolute Gasteiger partial charge is 0.211 e. The Kier molecular flexibility index (Phi) is 5.15. The van der Waals surface area contributed by atoms with Gasteiger partial charge in [0.1, 0.15) is 21.8 Å². The first-order chi connectivity index (χ1) is 13.6. The van der Waals surface area contributed by atoms with Gasteiger partial charge in [-0.1, -0.05) is 6.07 Å². The molecule has 8 heteroatoms. The minimum Gasteiger partial charge on any atom is -0.495 e. The highest BCUT2D eigenvalue weighted by atomic mass is 32.1. The van der Waals surface area contributed by atoms with E-state index in [1.165, 1.54) is 11.5 Å². The van der Waals surface area contributed by atoms with Crippen LogP contribution in [0.25, 0.3) is 22.2 Å². The van der Waals surface area contributed by atoms with Crippen molar-refractivity contribution in [3.8, 4) is 16.9 Å². The zero-order valence-corrected chi connectivity index (χ0v) is 16.8. The van der Waals surface area contributed by atoms with Crippen molar-refractivity contribution in [1.82, 2.24) is 9.36 Å². The molecule has 146 valence electrons. The lowest BCUT2D eigenvalue weighted by Crippen LogP contribution is -2.45. The SMILES string of the molecule is COc1cc(-c2cnc3c(N4C[C@@H](C)O[C@@H](C)C4)snc3c2)ccc1NC=O. The van der Waals surface area contributed by atoms with Crippen LogP contribution in [0.3, 0.4) is 0 Å². The number of carbonyl (C=O) groups excluding carboxylic acids is 1. The molecule has 2 atom stereocenters. The number of anilines is 2. The topological polar surface area (TPSA) is 76.6 Å². The summed E-state index contributed by atoms with van der Waals surface area (Å²) in [4.78, 5) is 17.7. The van der Waals surface area contributed by atoms with E-state index in [4.69, 9.17) is 14.5 Å². The summed E-state index contributed by atoms with van der Waals surface area (Å²) in [5.41, 5.74) is 4.32. The Bertz CT molecular complexity index is 996. The summed E-state index contributed by atoms with van der Waals surface area (Å²) < 4.78 is 15.8. The molecule has 0 radical (unpaired) electrons. The summed E-state index contributed by atoms with van der Waals surface area (Å²) in [6.07, 6.45) is 2.86. The number of ether oxygens (including phenoxy) is 2. The van der Waals surface area contributed by atoms with Crippen LogP contribution in [0, 0.1) is 0 Å². The number of rotatable bonds is 5. The van der Waals surface area contributed by atoms with Crippen molar-refractivity contribution in [2.45, 2.75) is 26.1 Å². The molecular formula is C20H22N4O3S. The third-order valence-corrected chi connectivity index (χ3v) is 5.67. The predicted molar refractivity (Wildman–Crippen MR) is 111 cm³/mol. The number of pyridine rings is 1. The third kappa shape index (κ3) is 3.53. The lowest BCUT2D eigenvalue weighted by Gasteiger charge is -2.35. The van der Waals surface area contributed by atoms with Gasteiger partial charge in [-0.15, -0.1) is 0 Å². The zero-order chi connectivity index (χ0) is 19.7. The number of fused-ring (bicyclic) bond motifs is 1. The number of carbonyl (C=O) groups is 1. The van der Waals surface area contributed by atoms with Crippen LogP contribution in [0.15, 0.2) is 30.5 Å². The fourth-order valence-corrected chi connectivity index (χ4v) is 4.42. The van der Waals surface area contributed by atoms with Gasteiger partial charge in [0.15, 0.2) is 0 Å². The van der Waals surface area contributed by atoms with Gasteiger partial charge >= 0.3 is 0 Å². The van der Waals surface area contributed by atoms with Crippen LogP contribution in [0.4, 0.5) is 10.7 Å². The van der Waals surface area contributed by atoms with Crippen molar-refractivity contribution in [1.29, 1.82) is 0 Å². The zero-order valence-electron chi connectivity index (χ0n) is 16.0. The molecule has 2 aromatic heterocycles. The van der Waals surface area contributed by atoms with Gasteiger partial charge < -0.3 is 19.7 Å². The number of nitrogens with one attached hydrogen (secondary N) is 1. The molecule has 1 aliphatic rings. The molecule has 1 fully saturated rings. The molecule has 1 amide bonds. The van der Waals surface area contributed by atoms with E-state index in [2.05, 4.69) is 28.4 Å². The van der Waals surface area contributed by atoms with Crippen LogP contribution in [0.5, 0.6) is 5.75 Å². The molecule has 3 heterocycles. The Morgan fingerprint density at radius 3 is 2.75 bits per heavy atom. The maximum absolute atomic E-state index is 10.7. The fourth-order valence-electron chi connectivity index (χ4n) is 3.59. The molecule has 28 heavy (non-hydrogen) atoms. The van der Waals surface area contributed by atoms with E-state index in [9.17, 15) is 4.79 Å². The highest BCUT2D eigenvalue weighted by molar-refractivity contribution is 7.11. The van der Waals surface area contributed by atoms with Crippen LogP contribution in [-0.2, 0) is 9.53 Å². The lowest BCUT2D eigenvalue weighted by atomic mass is 10.1. The standard InChI is InChI=1S/C20H22N4O3S/c1-12-9-24(10-13(2)27-12)20-19-17(23-28-20)6-15(8-21-19)14-4-5-16(22-11-25)18(7-14)26-3/h4-8,11-13H,9-10H2,1-3H3,(H,22,25)/t12-,13+. The molecule has 0 aliphatic carbocycles. The van der Waals surface area contributed by atoms with Crippen LogP contribution < -0.4 is 15.0 Å². The number of hydrogen-bond donors (Lipinski definition) is 1. The van der Waals surface area contributed by atoms with Gasteiger partial charge in [-0.3, -0.25) is 9.78 Å². The predicted octanol–water partition coefficient (Wildman–Crippen LogP) is 3.55. The molecule has 1 N–H and O–H groups in total. The van der Waals surface area contributed by atoms with E-state index in [0.717, 1.165) is 40.3 Å². The van der Waals surface area contributed by atoms with E-state index in [-0.39, 0.29) is 12.2 Å². The first kappa shape index (κ1) is 18.6. The molecule has 4 rings (SSSR count). The Balaban J connectivity index is 1.67. The largest absolute Gasteiger partial charge is 0.495 e. The first-order valence-corrected chi connectivity index (χ1v) is 9.90. The van der Waals surface area contributed by atoms with E-state index in [0.29, 0.717) is 17.8 Å². The second-order valence-corrected chi connectivity index (χ2v) is 7.67. The van der Waals surface area contributed by atoms with Gasteiger partial charge in [-0.2, -0.15) is 4.37 Å². The van der Waals surface area contributed by atoms with E-state index < -0.39 is 0 Å². The van der Waals surface area contributed by atoms with Crippen LogP contribution >= 0.6 is 11.5 Å². The van der Waals surface area contributed by atoms with Crippen LogP contribution in [0.1, 0.15) is 13.8 Å². The quantitative estimate of drug-likeness (QED) is 0.663. The average molecular weight is 398 g/mol. The van der Waals surface area contributed by atoms with Gasteiger partial charge in [0, 0.05) is 24.8 Å². The first-order valence-electron chi connectivity index (χ1n) is 9.13. The summed E-state index contributed by atoms with van der Waals surface area (Å²) in [5.74, 6) is 0.597. The lowest BCUT2D eigenvalue weighted by molar-refractivity contribution is -0.105. The normalized spacial score (nSPS) is 19.6. The van der Waals surface area contributed by atoms with Crippen molar-refractivity contribution in [3.63, 3.8) is 0 Å². The highest BCUT2D eigenvalue weighted by Crippen LogP contribution is 2.35. The number of morpholine rings is 1. The van der Waals surface area contributed by atoms with Crippen molar-refractivity contribution >= 4 is 39.7 Å². The van der Waals surface area contributed by atoms with Crippen molar-refractivity contribution in [3.05, 3.63) is 30.5 Å². The minimum absolute atomic E-state index is 0.186. The molecule has 0 bridgehead atoms. The molecule has 1 aliphatic heterocycles. The molecule has 0 saturated carbocycles. The molecule has 1 aromatic carbocycles. The van der Waals surface area contributed by atoms with Crippen molar-refractivity contribution < 1.29 is 14.3 Å². The molecule has 0 unspecified atom stereocenters. The minimum atomic E-state index is 0.186. The molecule has 7 nitrogen and oxygen atoms in total. The maximum Gasteiger partial charge on any atom is 0.211 e. The molecular weight excluding hydrogens is 376 g/mol. The van der Waals surface area contributed by atoms with Crippen molar-refractivity contribution in [2.24, 2.45) is 0 Å². The summed E-state index contributed by atoms with van der Waals surface area (Å²) in [6.45, 7) is 5.86. The Morgan fingerprint density at radius 1 is 1.25 bits per heavy atom. The second-order valence-electron chi connectivity index (χ2n) is 6.92. The fraction of sp³-hybridized carbons (Fsp3) is 0.350. The Hall–Kier alpha value is -2.71. The summed E-state index contributed by atoms with van der Waals surface area (Å²) in [7, 11) is 1.58. The highest BCUT2D eigenvalue weighted by Gasteiger charge is 2.25. The van der Waals surface area contributed by atoms with Gasteiger partial charge in [0.05, 0.1) is 25.0 Å². The second kappa shape index (κ2) is 7.73. The summed E-state index contributed by atoms with van der Waals surface area (Å²) >= 11 is 1.48. The van der Waals surface area contributed by atoms with Gasteiger partial charge in [-0.25, -0.2) is 0 Å². The van der Waals surface area contributed by atoms with E-state index in [1.54, 1.807) is 7.11 Å². The number of hydrogen-bond acceptors (Lipinski definition) is 7. The van der Waals surface area contributed by atoms with Crippen LogP contribution in [-0.4, -0.2) is 48.2 Å². The summed E-state index contributed by atoms with van der Waals surface area (Å²) in [6, 6.07) is 7.66.